The van der Waals surface area contributed by atoms with E-state index in [4.69, 9.17) is 10.5 Å². The van der Waals surface area contributed by atoms with E-state index in [0.717, 1.165) is 23.5 Å². The minimum absolute atomic E-state index is 0.539. The van der Waals surface area contributed by atoms with Gasteiger partial charge in [0.2, 0.25) is 0 Å². The van der Waals surface area contributed by atoms with Crippen molar-refractivity contribution in [2.75, 3.05) is 11.1 Å². The van der Waals surface area contributed by atoms with Gasteiger partial charge in [0.15, 0.2) is 0 Å². The van der Waals surface area contributed by atoms with Crippen LogP contribution in [0.5, 0.6) is 5.75 Å². The van der Waals surface area contributed by atoms with Gasteiger partial charge in [-0.2, -0.15) is 0 Å². The number of benzene rings is 3. The van der Waals surface area contributed by atoms with Crippen LogP contribution in [0.25, 0.3) is 0 Å². The smallest absolute Gasteiger partial charge is 0.122 e. The van der Waals surface area contributed by atoms with Crippen LogP contribution in [0.4, 0.5) is 11.4 Å². The van der Waals surface area contributed by atoms with Crippen LogP contribution in [0.2, 0.25) is 0 Å². The van der Waals surface area contributed by atoms with Crippen molar-refractivity contribution in [3.8, 4) is 5.75 Å². The monoisotopic (exact) mass is 304 g/mol. The van der Waals surface area contributed by atoms with Crippen molar-refractivity contribution >= 4 is 11.4 Å². The zero-order valence-electron chi connectivity index (χ0n) is 12.9. The van der Waals surface area contributed by atoms with Crippen molar-refractivity contribution in [1.82, 2.24) is 0 Å². The van der Waals surface area contributed by atoms with Crippen molar-refractivity contribution in [2.24, 2.45) is 0 Å². The van der Waals surface area contributed by atoms with Crippen molar-refractivity contribution in [2.45, 2.75) is 13.2 Å². The molecule has 0 heterocycles. The lowest BCUT2D eigenvalue weighted by Gasteiger charge is -2.12. The van der Waals surface area contributed by atoms with Crippen LogP contribution in [0.3, 0.4) is 0 Å². The van der Waals surface area contributed by atoms with Crippen molar-refractivity contribution in [1.29, 1.82) is 0 Å². The first-order chi connectivity index (χ1) is 11.3. The molecule has 0 spiro atoms. The lowest BCUT2D eigenvalue weighted by atomic mass is 10.2. The molecule has 3 nitrogen and oxygen atoms in total. The van der Waals surface area contributed by atoms with E-state index in [0.29, 0.717) is 12.3 Å². The average Bonchev–Trinajstić information content (AvgIpc) is 2.61. The number of nitrogen functional groups attached to an aromatic ring is 1. The molecule has 116 valence electrons. The summed E-state index contributed by atoms with van der Waals surface area (Å²) in [5.41, 5.74) is 10.1. The average molecular weight is 304 g/mol. The lowest BCUT2D eigenvalue weighted by Crippen LogP contribution is -2.03. The Morgan fingerprint density at radius 3 is 2.09 bits per heavy atom. The Morgan fingerprint density at radius 2 is 1.43 bits per heavy atom. The van der Waals surface area contributed by atoms with Gasteiger partial charge in [0, 0.05) is 12.6 Å². The molecule has 0 radical (unpaired) electrons. The van der Waals surface area contributed by atoms with Crippen LogP contribution >= 0.6 is 0 Å². The molecule has 3 heteroatoms. The van der Waals surface area contributed by atoms with Crippen LogP contribution in [0, 0.1) is 0 Å². The fraction of sp³-hybridized carbons (Fsp3) is 0.100. The van der Waals surface area contributed by atoms with Gasteiger partial charge in [-0.05, 0) is 23.3 Å². The Balaban J connectivity index is 1.59. The largest absolute Gasteiger partial charge is 0.489 e. The molecule has 0 aliphatic heterocycles. The number of nitrogens with one attached hydrogen (secondary N) is 1. The Labute approximate surface area is 136 Å². The summed E-state index contributed by atoms with van der Waals surface area (Å²) in [6, 6.07) is 26.1. The SMILES string of the molecule is Nc1cc(OCc2ccccc2)ccc1NCc1ccccc1. The van der Waals surface area contributed by atoms with E-state index in [-0.39, 0.29) is 0 Å². The topological polar surface area (TPSA) is 47.3 Å². The second kappa shape index (κ2) is 7.36. The molecule has 3 N–H and O–H groups in total. The Morgan fingerprint density at radius 1 is 0.783 bits per heavy atom. The number of anilines is 2. The zero-order valence-corrected chi connectivity index (χ0v) is 12.9. The quantitative estimate of drug-likeness (QED) is 0.661. The predicted octanol–water partition coefficient (Wildman–Crippen LogP) is 4.46. The lowest BCUT2D eigenvalue weighted by molar-refractivity contribution is 0.306. The molecule has 0 unspecified atom stereocenters. The highest BCUT2D eigenvalue weighted by Crippen LogP contribution is 2.25. The van der Waals surface area contributed by atoms with Crippen LogP contribution in [-0.4, -0.2) is 0 Å². The summed E-state index contributed by atoms with van der Waals surface area (Å²) in [7, 11) is 0. The van der Waals surface area contributed by atoms with E-state index < -0.39 is 0 Å². The minimum Gasteiger partial charge on any atom is -0.489 e. The number of nitrogens with two attached hydrogens (primary N) is 1. The highest BCUT2D eigenvalue weighted by atomic mass is 16.5. The second-order valence-electron chi connectivity index (χ2n) is 5.36. The molecule has 0 bridgehead atoms. The van der Waals surface area contributed by atoms with Gasteiger partial charge in [0.25, 0.3) is 0 Å². The Bertz CT molecular complexity index is 742. The first-order valence-electron chi connectivity index (χ1n) is 7.65. The van der Waals surface area contributed by atoms with Crippen molar-refractivity contribution in [3.63, 3.8) is 0 Å². The summed E-state index contributed by atoms with van der Waals surface area (Å²) in [4.78, 5) is 0. The van der Waals surface area contributed by atoms with Gasteiger partial charge in [-0.15, -0.1) is 0 Å². The molecule has 0 aliphatic rings. The van der Waals surface area contributed by atoms with E-state index in [2.05, 4.69) is 17.4 Å². The molecule has 0 amide bonds. The molecular formula is C20H20N2O. The summed E-state index contributed by atoms with van der Waals surface area (Å²) in [5.74, 6) is 0.775. The summed E-state index contributed by atoms with van der Waals surface area (Å²) < 4.78 is 5.78. The molecule has 3 rings (SSSR count). The maximum Gasteiger partial charge on any atom is 0.122 e. The van der Waals surface area contributed by atoms with Crippen LogP contribution < -0.4 is 15.8 Å². The van der Waals surface area contributed by atoms with Gasteiger partial charge in [0.05, 0.1) is 11.4 Å². The number of rotatable bonds is 6. The fourth-order valence-electron chi connectivity index (χ4n) is 2.33. The number of ether oxygens (including phenoxy) is 1. The maximum absolute atomic E-state index is 6.11. The van der Waals surface area contributed by atoms with Gasteiger partial charge < -0.3 is 15.8 Å². The third kappa shape index (κ3) is 4.27. The molecule has 0 saturated heterocycles. The van der Waals surface area contributed by atoms with Gasteiger partial charge in [-0.25, -0.2) is 0 Å². The van der Waals surface area contributed by atoms with Crippen LogP contribution in [0.1, 0.15) is 11.1 Å². The van der Waals surface area contributed by atoms with E-state index in [1.807, 2.05) is 66.7 Å². The standard InChI is InChI=1S/C20H20N2O/c21-19-13-18(23-15-17-9-5-2-6-10-17)11-12-20(19)22-14-16-7-3-1-4-8-16/h1-13,22H,14-15,21H2. The molecule has 0 fully saturated rings. The minimum atomic E-state index is 0.539. The molecule has 0 aromatic heterocycles. The first-order valence-corrected chi connectivity index (χ1v) is 7.65. The third-order valence-electron chi connectivity index (χ3n) is 3.60. The van der Waals surface area contributed by atoms with Gasteiger partial charge in [0.1, 0.15) is 12.4 Å². The highest BCUT2D eigenvalue weighted by Gasteiger charge is 2.02. The molecule has 23 heavy (non-hydrogen) atoms. The summed E-state index contributed by atoms with van der Waals surface area (Å²) in [6.45, 7) is 1.28. The molecule has 3 aromatic rings. The summed E-state index contributed by atoms with van der Waals surface area (Å²) in [5, 5.41) is 3.35. The molecular weight excluding hydrogens is 284 g/mol. The molecule has 0 atom stereocenters. The third-order valence-corrected chi connectivity index (χ3v) is 3.60. The summed E-state index contributed by atoms with van der Waals surface area (Å²) >= 11 is 0. The number of hydrogen-bond acceptors (Lipinski definition) is 3. The van der Waals surface area contributed by atoms with E-state index in [1.165, 1.54) is 5.56 Å². The van der Waals surface area contributed by atoms with Gasteiger partial charge in [-0.1, -0.05) is 60.7 Å². The second-order valence-corrected chi connectivity index (χ2v) is 5.36. The maximum atomic E-state index is 6.11. The van der Waals surface area contributed by atoms with Crippen molar-refractivity contribution < 1.29 is 4.74 Å². The Kier molecular flexibility index (Phi) is 4.79. The highest BCUT2D eigenvalue weighted by molar-refractivity contribution is 5.68. The molecule has 0 saturated carbocycles. The predicted molar refractivity (Wildman–Crippen MR) is 95.4 cm³/mol. The zero-order chi connectivity index (χ0) is 15.9. The van der Waals surface area contributed by atoms with Gasteiger partial charge >= 0.3 is 0 Å². The summed E-state index contributed by atoms with van der Waals surface area (Å²) in [6.07, 6.45) is 0. The number of hydrogen-bond donors (Lipinski definition) is 2. The van der Waals surface area contributed by atoms with E-state index >= 15 is 0 Å². The van der Waals surface area contributed by atoms with Crippen LogP contribution in [-0.2, 0) is 13.2 Å². The molecule has 0 aliphatic carbocycles. The van der Waals surface area contributed by atoms with Crippen molar-refractivity contribution in [3.05, 3.63) is 90.0 Å². The van der Waals surface area contributed by atoms with E-state index in [1.54, 1.807) is 0 Å². The Hall–Kier alpha value is -2.94. The molecule has 3 aromatic carbocycles. The van der Waals surface area contributed by atoms with Gasteiger partial charge in [-0.3, -0.25) is 0 Å². The van der Waals surface area contributed by atoms with Crippen LogP contribution in [0.15, 0.2) is 78.9 Å². The van der Waals surface area contributed by atoms with E-state index in [9.17, 15) is 0 Å². The fourth-order valence-corrected chi connectivity index (χ4v) is 2.33. The normalized spacial score (nSPS) is 10.3. The first kappa shape index (κ1) is 15.0.